The van der Waals surface area contributed by atoms with Crippen molar-refractivity contribution in [3.63, 3.8) is 0 Å². The second kappa shape index (κ2) is 3.19. The lowest BCUT2D eigenvalue weighted by atomic mass is 10.1. The molecule has 0 amide bonds. The van der Waals surface area contributed by atoms with Crippen LogP contribution in [0.25, 0.3) is 0 Å². The quantitative estimate of drug-likeness (QED) is 0.605. The summed E-state index contributed by atoms with van der Waals surface area (Å²) in [6, 6.07) is 0. The van der Waals surface area contributed by atoms with E-state index < -0.39 is 0 Å². The zero-order valence-corrected chi connectivity index (χ0v) is 7.07. The Kier molecular flexibility index (Phi) is 2.49. The van der Waals surface area contributed by atoms with Crippen LogP contribution in [0.2, 0.25) is 0 Å². The van der Waals surface area contributed by atoms with Crippen molar-refractivity contribution < 1.29 is 4.79 Å². The molecule has 0 atom stereocenters. The zero-order chi connectivity index (χ0) is 7.56. The van der Waals surface area contributed by atoms with Crippen LogP contribution >= 0.6 is 11.8 Å². The van der Waals surface area contributed by atoms with Crippen molar-refractivity contribution in [2.24, 2.45) is 10.9 Å². The minimum absolute atomic E-state index is 0.101. The van der Waals surface area contributed by atoms with Gasteiger partial charge < -0.3 is 0 Å². The number of carbonyl (C=O) groups excluding carboxylic acids is 1. The number of Topliss-reactive ketones (excluding diaryl/α,β-unsaturated/α-hetero) is 1. The van der Waals surface area contributed by atoms with E-state index in [2.05, 4.69) is 4.99 Å². The Bertz CT molecular complexity index is 174. The molecule has 0 aliphatic carbocycles. The average Bonchev–Trinajstić information content (AvgIpc) is 2.36. The molecule has 0 bridgehead atoms. The van der Waals surface area contributed by atoms with Crippen molar-refractivity contribution in [2.75, 3.05) is 12.3 Å². The van der Waals surface area contributed by atoms with Crippen LogP contribution in [0.3, 0.4) is 0 Å². The van der Waals surface area contributed by atoms with Gasteiger partial charge in [-0.25, -0.2) is 0 Å². The van der Waals surface area contributed by atoms with Crippen LogP contribution in [-0.4, -0.2) is 23.1 Å². The molecule has 0 aromatic carbocycles. The molecule has 0 fully saturated rings. The molecule has 2 nitrogen and oxygen atoms in total. The molecule has 0 unspecified atom stereocenters. The van der Waals surface area contributed by atoms with Crippen LogP contribution in [-0.2, 0) is 4.79 Å². The minimum atomic E-state index is 0.101. The van der Waals surface area contributed by atoms with Gasteiger partial charge in [0.2, 0.25) is 0 Å². The van der Waals surface area contributed by atoms with Crippen LogP contribution < -0.4 is 0 Å². The Hall–Kier alpha value is -0.310. The molecular formula is C7H11NOS. The summed E-state index contributed by atoms with van der Waals surface area (Å²) in [6.07, 6.45) is 0. The summed E-state index contributed by atoms with van der Waals surface area (Å²) >= 11 is 1.58. The Balaban J connectivity index is 2.56. The standard InChI is InChI=1S/C7H11NOS/c1-5(2)6(9)7-8-3-4-10-7/h5H,3-4H2,1-2H3. The average molecular weight is 157 g/mol. The first-order chi connectivity index (χ1) is 4.72. The zero-order valence-electron chi connectivity index (χ0n) is 6.26. The van der Waals surface area contributed by atoms with Gasteiger partial charge in [0.25, 0.3) is 0 Å². The van der Waals surface area contributed by atoms with Crippen molar-refractivity contribution >= 4 is 22.6 Å². The number of carbonyl (C=O) groups is 1. The molecule has 0 spiro atoms. The summed E-state index contributed by atoms with van der Waals surface area (Å²) in [7, 11) is 0. The molecule has 0 radical (unpaired) electrons. The first kappa shape index (κ1) is 7.79. The molecule has 56 valence electrons. The fourth-order valence-corrected chi connectivity index (χ4v) is 1.67. The van der Waals surface area contributed by atoms with Crippen molar-refractivity contribution in [3.05, 3.63) is 0 Å². The maximum Gasteiger partial charge on any atom is 0.189 e. The third-order valence-electron chi connectivity index (χ3n) is 1.32. The third kappa shape index (κ3) is 1.59. The summed E-state index contributed by atoms with van der Waals surface area (Å²) in [5, 5.41) is 0.731. The Morgan fingerprint density at radius 2 is 2.40 bits per heavy atom. The van der Waals surface area contributed by atoms with Crippen LogP contribution in [0, 0.1) is 5.92 Å². The van der Waals surface area contributed by atoms with Gasteiger partial charge in [0.15, 0.2) is 5.78 Å². The van der Waals surface area contributed by atoms with E-state index in [1.165, 1.54) is 0 Å². The number of hydrogen-bond acceptors (Lipinski definition) is 3. The number of hydrogen-bond donors (Lipinski definition) is 0. The fourth-order valence-electron chi connectivity index (χ4n) is 0.731. The van der Waals surface area contributed by atoms with Gasteiger partial charge in [0.1, 0.15) is 5.04 Å². The van der Waals surface area contributed by atoms with E-state index >= 15 is 0 Å². The predicted molar refractivity (Wildman–Crippen MR) is 44.6 cm³/mol. The number of nitrogens with zero attached hydrogens (tertiary/aromatic N) is 1. The van der Waals surface area contributed by atoms with E-state index in [1.54, 1.807) is 11.8 Å². The van der Waals surface area contributed by atoms with E-state index in [1.807, 2.05) is 13.8 Å². The molecule has 1 rings (SSSR count). The second-order valence-corrected chi connectivity index (χ2v) is 3.64. The van der Waals surface area contributed by atoms with Gasteiger partial charge in [0, 0.05) is 18.2 Å². The third-order valence-corrected chi connectivity index (χ3v) is 2.31. The highest BCUT2D eigenvalue weighted by molar-refractivity contribution is 8.16. The monoisotopic (exact) mass is 157 g/mol. The smallest absolute Gasteiger partial charge is 0.189 e. The molecule has 0 saturated carbocycles. The van der Waals surface area contributed by atoms with E-state index in [0.29, 0.717) is 0 Å². The number of aliphatic imine (C=N–C) groups is 1. The van der Waals surface area contributed by atoms with Crippen LogP contribution in [0.1, 0.15) is 13.8 Å². The summed E-state index contributed by atoms with van der Waals surface area (Å²) in [4.78, 5) is 15.3. The van der Waals surface area contributed by atoms with E-state index in [4.69, 9.17) is 0 Å². The molecule has 1 heterocycles. The summed E-state index contributed by atoms with van der Waals surface area (Å²) in [6.45, 7) is 4.63. The molecule has 1 aliphatic rings. The molecule has 0 aromatic heterocycles. The Labute approximate surface area is 65.1 Å². The van der Waals surface area contributed by atoms with Gasteiger partial charge in [0.05, 0.1) is 0 Å². The summed E-state index contributed by atoms with van der Waals surface area (Å²) < 4.78 is 0. The highest BCUT2D eigenvalue weighted by Gasteiger charge is 2.18. The lowest BCUT2D eigenvalue weighted by Crippen LogP contribution is -2.14. The van der Waals surface area contributed by atoms with Crippen LogP contribution in [0.4, 0.5) is 0 Å². The molecule has 0 aromatic rings. The maximum absolute atomic E-state index is 11.2. The molecular weight excluding hydrogens is 146 g/mol. The van der Waals surface area contributed by atoms with Gasteiger partial charge in [-0.05, 0) is 0 Å². The van der Waals surface area contributed by atoms with Gasteiger partial charge >= 0.3 is 0 Å². The summed E-state index contributed by atoms with van der Waals surface area (Å²) in [5.41, 5.74) is 0. The van der Waals surface area contributed by atoms with E-state index in [-0.39, 0.29) is 11.7 Å². The lowest BCUT2D eigenvalue weighted by molar-refractivity contribution is -0.115. The topological polar surface area (TPSA) is 29.4 Å². The Morgan fingerprint density at radius 3 is 2.80 bits per heavy atom. The van der Waals surface area contributed by atoms with Gasteiger partial charge in [-0.1, -0.05) is 13.8 Å². The summed E-state index contributed by atoms with van der Waals surface area (Å²) in [5.74, 6) is 1.28. The first-order valence-electron chi connectivity index (χ1n) is 3.43. The van der Waals surface area contributed by atoms with Crippen molar-refractivity contribution in [3.8, 4) is 0 Å². The normalized spacial score (nSPS) is 17.7. The van der Waals surface area contributed by atoms with Crippen LogP contribution in [0.5, 0.6) is 0 Å². The minimum Gasteiger partial charge on any atom is -0.292 e. The number of thioether (sulfide) groups is 1. The number of rotatable bonds is 2. The first-order valence-corrected chi connectivity index (χ1v) is 4.42. The predicted octanol–water partition coefficient (Wildman–Crippen LogP) is 1.36. The lowest BCUT2D eigenvalue weighted by Gasteiger charge is -2.00. The molecule has 3 heteroatoms. The fraction of sp³-hybridized carbons (Fsp3) is 0.714. The SMILES string of the molecule is CC(C)C(=O)C1=NCCS1. The van der Waals surface area contributed by atoms with Crippen LogP contribution in [0.15, 0.2) is 4.99 Å². The maximum atomic E-state index is 11.2. The second-order valence-electron chi connectivity index (χ2n) is 2.55. The number of ketones is 1. The van der Waals surface area contributed by atoms with Gasteiger partial charge in [-0.2, -0.15) is 0 Å². The Morgan fingerprint density at radius 1 is 1.70 bits per heavy atom. The highest BCUT2D eigenvalue weighted by atomic mass is 32.2. The molecule has 0 saturated heterocycles. The van der Waals surface area contributed by atoms with Crippen molar-refractivity contribution in [1.29, 1.82) is 0 Å². The molecule has 0 N–H and O–H groups in total. The largest absolute Gasteiger partial charge is 0.292 e. The van der Waals surface area contributed by atoms with Crippen molar-refractivity contribution in [2.45, 2.75) is 13.8 Å². The molecule has 10 heavy (non-hydrogen) atoms. The molecule has 1 aliphatic heterocycles. The van der Waals surface area contributed by atoms with Gasteiger partial charge in [-0.3, -0.25) is 9.79 Å². The van der Waals surface area contributed by atoms with Gasteiger partial charge in [-0.15, -0.1) is 11.8 Å². The highest BCUT2D eigenvalue weighted by Crippen LogP contribution is 2.15. The van der Waals surface area contributed by atoms with E-state index in [0.717, 1.165) is 17.3 Å². The van der Waals surface area contributed by atoms with Crippen molar-refractivity contribution in [1.82, 2.24) is 0 Å². The van der Waals surface area contributed by atoms with E-state index in [9.17, 15) is 4.79 Å².